The monoisotopic (exact) mass is 289 g/mol. The molecule has 0 aliphatic rings. The molecule has 0 aliphatic carbocycles. The third-order valence-corrected chi connectivity index (χ3v) is 3.30. The van der Waals surface area contributed by atoms with E-state index in [1.54, 1.807) is 18.2 Å². The van der Waals surface area contributed by atoms with Gasteiger partial charge in [0.1, 0.15) is 0 Å². The van der Waals surface area contributed by atoms with Crippen LogP contribution < -0.4 is 5.32 Å². The van der Waals surface area contributed by atoms with E-state index in [2.05, 4.69) is 5.32 Å². The van der Waals surface area contributed by atoms with E-state index in [9.17, 15) is 4.79 Å². The Labute approximate surface area is 123 Å². The van der Waals surface area contributed by atoms with Gasteiger partial charge in [0.15, 0.2) is 0 Å². The molecule has 0 unspecified atom stereocenters. The van der Waals surface area contributed by atoms with E-state index in [0.717, 1.165) is 16.7 Å². The largest absolute Gasteiger partial charge is 0.392 e. The number of carbonyl (C=O) groups is 1. The highest BCUT2D eigenvalue weighted by Gasteiger charge is 2.08. The second-order valence-electron chi connectivity index (χ2n) is 4.62. The second-order valence-corrected chi connectivity index (χ2v) is 5.06. The third kappa shape index (κ3) is 3.59. The first-order chi connectivity index (χ1) is 9.60. The molecule has 0 spiro atoms. The zero-order valence-electron chi connectivity index (χ0n) is 11.2. The number of nitrogens with one attached hydrogen (secondary N) is 1. The molecule has 0 saturated heterocycles. The van der Waals surface area contributed by atoms with Gasteiger partial charge in [-0.05, 0) is 41.8 Å². The predicted molar refractivity (Wildman–Crippen MR) is 79.7 cm³/mol. The van der Waals surface area contributed by atoms with Crippen LogP contribution in [0.2, 0.25) is 5.02 Å². The summed E-state index contributed by atoms with van der Waals surface area (Å²) in [4.78, 5) is 12.1. The molecule has 0 aliphatic heterocycles. The van der Waals surface area contributed by atoms with Crippen LogP contribution in [0.4, 0.5) is 0 Å². The molecule has 1 amide bonds. The minimum absolute atomic E-state index is 0.00191. The summed E-state index contributed by atoms with van der Waals surface area (Å²) in [6.45, 7) is 2.28. The van der Waals surface area contributed by atoms with E-state index in [0.29, 0.717) is 17.1 Å². The Morgan fingerprint density at radius 1 is 1.20 bits per heavy atom. The van der Waals surface area contributed by atoms with Gasteiger partial charge >= 0.3 is 0 Å². The fraction of sp³-hybridized carbons (Fsp3) is 0.188. The molecule has 0 bridgehead atoms. The van der Waals surface area contributed by atoms with Crippen molar-refractivity contribution in [2.24, 2.45) is 0 Å². The highest BCUT2D eigenvalue weighted by Crippen LogP contribution is 2.15. The number of aryl methyl sites for hydroxylation is 1. The minimum atomic E-state index is -0.131. The average Bonchev–Trinajstić information content (AvgIpc) is 2.45. The number of hydrogen-bond acceptors (Lipinski definition) is 2. The van der Waals surface area contributed by atoms with Crippen LogP contribution in [0, 0.1) is 6.92 Å². The van der Waals surface area contributed by atoms with Gasteiger partial charge in [-0.25, -0.2) is 0 Å². The Balaban J connectivity index is 2.04. The van der Waals surface area contributed by atoms with Gasteiger partial charge in [0.05, 0.1) is 6.61 Å². The van der Waals surface area contributed by atoms with Crippen LogP contribution in [0.25, 0.3) is 0 Å². The molecule has 2 aromatic rings. The lowest BCUT2D eigenvalue weighted by Gasteiger charge is -2.09. The molecule has 2 rings (SSSR count). The Bertz CT molecular complexity index is 626. The van der Waals surface area contributed by atoms with Gasteiger partial charge < -0.3 is 10.4 Å². The normalized spacial score (nSPS) is 10.3. The molecule has 3 nitrogen and oxygen atoms in total. The summed E-state index contributed by atoms with van der Waals surface area (Å²) in [5.74, 6) is -0.131. The zero-order chi connectivity index (χ0) is 14.5. The average molecular weight is 290 g/mol. The van der Waals surface area contributed by atoms with Crippen molar-refractivity contribution in [2.45, 2.75) is 20.1 Å². The van der Waals surface area contributed by atoms with Gasteiger partial charge in [-0.1, -0.05) is 35.9 Å². The molecule has 20 heavy (non-hydrogen) atoms. The molecule has 0 fully saturated rings. The van der Waals surface area contributed by atoms with E-state index in [-0.39, 0.29) is 12.5 Å². The Morgan fingerprint density at radius 2 is 1.95 bits per heavy atom. The quantitative estimate of drug-likeness (QED) is 0.909. The molecule has 0 radical (unpaired) electrons. The molecule has 0 aromatic heterocycles. The number of aliphatic hydroxyl groups excluding tert-OH is 1. The Kier molecular flexibility index (Phi) is 4.77. The summed E-state index contributed by atoms with van der Waals surface area (Å²) in [6.07, 6.45) is 0. The van der Waals surface area contributed by atoms with Crippen molar-refractivity contribution in [3.8, 4) is 0 Å². The Hall–Kier alpha value is -1.84. The van der Waals surface area contributed by atoms with E-state index < -0.39 is 0 Å². The molecule has 0 heterocycles. The molecule has 2 aromatic carbocycles. The molecule has 4 heteroatoms. The van der Waals surface area contributed by atoms with Crippen molar-refractivity contribution < 1.29 is 9.90 Å². The standard InChI is InChI=1S/C16H16ClNO2/c1-11-7-14(17)5-6-15(11)16(20)18-9-12-3-2-4-13(8-12)10-19/h2-8,19H,9-10H2,1H3,(H,18,20). The lowest BCUT2D eigenvalue weighted by molar-refractivity contribution is 0.0950. The van der Waals surface area contributed by atoms with E-state index in [4.69, 9.17) is 16.7 Å². The smallest absolute Gasteiger partial charge is 0.251 e. The maximum atomic E-state index is 12.1. The number of hydrogen-bond donors (Lipinski definition) is 2. The second kappa shape index (κ2) is 6.55. The van der Waals surface area contributed by atoms with Crippen molar-refractivity contribution in [1.29, 1.82) is 0 Å². The number of rotatable bonds is 4. The van der Waals surface area contributed by atoms with Crippen LogP contribution in [0.3, 0.4) is 0 Å². The number of benzene rings is 2. The fourth-order valence-corrected chi connectivity index (χ4v) is 2.22. The van der Waals surface area contributed by atoms with Crippen molar-refractivity contribution in [1.82, 2.24) is 5.32 Å². The first-order valence-electron chi connectivity index (χ1n) is 6.33. The van der Waals surface area contributed by atoms with Crippen molar-refractivity contribution in [2.75, 3.05) is 0 Å². The fourth-order valence-electron chi connectivity index (χ4n) is 2.00. The van der Waals surface area contributed by atoms with Gasteiger partial charge in [0.25, 0.3) is 5.91 Å². The molecule has 2 N–H and O–H groups in total. The van der Waals surface area contributed by atoms with Crippen LogP contribution >= 0.6 is 11.6 Å². The van der Waals surface area contributed by atoms with Crippen LogP contribution in [-0.4, -0.2) is 11.0 Å². The summed E-state index contributed by atoms with van der Waals surface area (Å²) < 4.78 is 0. The van der Waals surface area contributed by atoms with Gasteiger partial charge in [-0.3, -0.25) is 4.79 Å². The van der Waals surface area contributed by atoms with Crippen LogP contribution in [0.1, 0.15) is 27.0 Å². The summed E-state index contributed by atoms with van der Waals surface area (Å²) in [5, 5.41) is 12.6. The topological polar surface area (TPSA) is 49.3 Å². The SMILES string of the molecule is Cc1cc(Cl)ccc1C(=O)NCc1cccc(CO)c1. The van der Waals surface area contributed by atoms with E-state index >= 15 is 0 Å². The lowest BCUT2D eigenvalue weighted by Crippen LogP contribution is -2.23. The van der Waals surface area contributed by atoms with Gasteiger partial charge in [-0.2, -0.15) is 0 Å². The molecule has 0 saturated carbocycles. The maximum absolute atomic E-state index is 12.1. The van der Waals surface area contributed by atoms with Crippen molar-refractivity contribution in [3.63, 3.8) is 0 Å². The maximum Gasteiger partial charge on any atom is 0.251 e. The number of aliphatic hydroxyl groups is 1. The summed E-state index contributed by atoms with van der Waals surface area (Å²) >= 11 is 5.87. The first-order valence-corrected chi connectivity index (χ1v) is 6.71. The van der Waals surface area contributed by atoms with Gasteiger partial charge in [-0.15, -0.1) is 0 Å². The molecular weight excluding hydrogens is 274 g/mol. The molecule has 104 valence electrons. The zero-order valence-corrected chi connectivity index (χ0v) is 11.9. The van der Waals surface area contributed by atoms with Gasteiger partial charge in [0.2, 0.25) is 0 Å². The van der Waals surface area contributed by atoms with Crippen molar-refractivity contribution >= 4 is 17.5 Å². The van der Waals surface area contributed by atoms with Crippen LogP contribution in [0.5, 0.6) is 0 Å². The number of halogens is 1. The Morgan fingerprint density at radius 3 is 2.65 bits per heavy atom. The van der Waals surface area contributed by atoms with E-state index in [1.165, 1.54) is 0 Å². The number of carbonyl (C=O) groups excluding carboxylic acids is 1. The summed E-state index contributed by atoms with van der Waals surface area (Å²) in [5.41, 5.74) is 3.25. The van der Waals surface area contributed by atoms with E-state index in [1.807, 2.05) is 31.2 Å². The minimum Gasteiger partial charge on any atom is -0.392 e. The third-order valence-electron chi connectivity index (χ3n) is 3.06. The van der Waals surface area contributed by atoms with Crippen molar-refractivity contribution in [3.05, 3.63) is 69.7 Å². The van der Waals surface area contributed by atoms with Crippen LogP contribution in [-0.2, 0) is 13.2 Å². The lowest BCUT2D eigenvalue weighted by atomic mass is 10.1. The first kappa shape index (κ1) is 14.6. The molecule has 0 atom stereocenters. The molecular formula is C16H16ClNO2. The van der Waals surface area contributed by atoms with Crippen LogP contribution in [0.15, 0.2) is 42.5 Å². The highest BCUT2D eigenvalue weighted by molar-refractivity contribution is 6.30. The predicted octanol–water partition coefficient (Wildman–Crippen LogP) is 3.07. The number of amides is 1. The summed E-state index contributed by atoms with van der Waals surface area (Å²) in [6, 6.07) is 12.7. The summed E-state index contributed by atoms with van der Waals surface area (Å²) in [7, 11) is 0. The van der Waals surface area contributed by atoms with Gasteiger partial charge in [0, 0.05) is 17.1 Å². The highest BCUT2D eigenvalue weighted by atomic mass is 35.5.